The Morgan fingerprint density at radius 2 is 1.61 bits per heavy atom. The lowest BCUT2D eigenvalue weighted by Crippen LogP contribution is -2.30. The van der Waals surface area contributed by atoms with Crippen LogP contribution in [0.4, 0.5) is 13.2 Å². The van der Waals surface area contributed by atoms with Crippen LogP contribution in [0.5, 0.6) is 0 Å². The van der Waals surface area contributed by atoms with E-state index in [1.807, 2.05) is 0 Å². The quantitative estimate of drug-likeness (QED) is 0.555. The van der Waals surface area contributed by atoms with Crippen molar-refractivity contribution in [3.8, 4) is 0 Å². The molecule has 0 radical (unpaired) electrons. The van der Waals surface area contributed by atoms with E-state index in [9.17, 15) is 22.8 Å². The van der Waals surface area contributed by atoms with Crippen molar-refractivity contribution < 1.29 is 32.2 Å². The molecule has 0 heterocycles. The van der Waals surface area contributed by atoms with Crippen LogP contribution in [0.3, 0.4) is 0 Å². The maximum Gasteiger partial charge on any atom is 0.442 e. The fraction of sp³-hybridized carbons (Fsp3) is 0.800. The average molecular weight is 288 g/mol. The molecule has 0 N–H and O–H groups in total. The number of carbonyl (C=O) groups excluding carboxylic acids is 2. The normalized spacial score (nSPS) is 13.3. The number of carbonyl (C=O) groups is 2. The molecule has 1 unspecified atom stereocenters. The highest BCUT2D eigenvalue weighted by atomic mass is 32.2. The van der Waals surface area contributed by atoms with Crippen molar-refractivity contribution in [3.05, 3.63) is 0 Å². The zero-order chi connectivity index (χ0) is 14.3. The van der Waals surface area contributed by atoms with E-state index in [0.29, 0.717) is 0 Å². The second kappa shape index (κ2) is 7.50. The largest absolute Gasteiger partial charge is 0.468 e. The number of methoxy groups -OCH3 is 2. The molecule has 0 saturated carbocycles. The summed E-state index contributed by atoms with van der Waals surface area (Å²) in [5.74, 6) is -3.09. The van der Waals surface area contributed by atoms with E-state index in [-0.39, 0.29) is 24.6 Å². The minimum atomic E-state index is -4.41. The summed E-state index contributed by atoms with van der Waals surface area (Å²) in [5, 5.41) is -0.895. The van der Waals surface area contributed by atoms with Crippen LogP contribution in [0.25, 0.3) is 0 Å². The Labute approximate surface area is 107 Å². The first-order valence-corrected chi connectivity index (χ1v) is 6.03. The first kappa shape index (κ1) is 17.1. The SMILES string of the molecule is CCC(CC(C(=O)OC)C(=O)OC)SC(F)(F)F. The van der Waals surface area contributed by atoms with Gasteiger partial charge in [0.1, 0.15) is 0 Å². The molecule has 4 nitrogen and oxygen atoms in total. The van der Waals surface area contributed by atoms with Crippen molar-refractivity contribution in [2.24, 2.45) is 5.92 Å². The third kappa shape index (κ3) is 6.13. The summed E-state index contributed by atoms with van der Waals surface area (Å²) in [7, 11) is 2.13. The molecule has 8 heteroatoms. The number of esters is 2. The van der Waals surface area contributed by atoms with Crippen LogP contribution in [0.2, 0.25) is 0 Å². The van der Waals surface area contributed by atoms with Gasteiger partial charge in [-0.05, 0) is 24.6 Å². The minimum Gasteiger partial charge on any atom is -0.468 e. The summed E-state index contributed by atoms with van der Waals surface area (Å²) in [5.41, 5.74) is -4.41. The number of ether oxygens (including phenoxy) is 2. The monoisotopic (exact) mass is 288 g/mol. The molecule has 0 aromatic heterocycles. The van der Waals surface area contributed by atoms with Gasteiger partial charge in [-0.2, -0.15) is 13.2 Å². The van der Waals surface area contributed by atoms with E-state index in [1.165, 1.54) is 0 Å². The summed E-state index contributed by atoms with van der Waals surface area (Å²) in [4.78, 5) is 22.6. The molecule has 1 atom stereocenters. The lowest BCUT2D eigenvalue weighted by atomic mass is 10.0. The van der Waals surface area contributed by atoms with Gasteiger partial charge in [0.15, 0.2) is 5.92 Å². The van der Waals surface area contributed by atoms with Gasteiger partial charge in [0.25, 0.3) is 0 Å². The zero-order valence-corrected chi connectivity index (χ0v) is 11.1. The number of halogens is 3. The predicted octanol–water partition coefficient (Wildman–Crippen LogP) is 2.37. The standard InChI is InChI=1S/C10H15F3O4S/c1-4-6(18-10(11,12)13)5-7(8(14)16-2)9(15)17-3/h6-7H,4-5H2,1-3H3. The van der Waals surface area contributed by atoms with E-state index in [4.69, 9.17) is 0 Å². The third-order valence-corrected chi connectivity index (χ3v) is 3.35. The van der Waals surface area contributed by atoms with Crippen LogP contribution >= 0.6 is 11.8 Å². The number of thioether (sulfide) groups is 1. The van der Waals surface area contributed by atoms with Crippen LogP contribution in [-0.2, 0) is 19.1 Å². The van der Waals surface area contributed by atoms with Gasteiger partial charge >= 0.3 is 17.4 Å². The van der Waals surface area contributed by atoms with Crippen LogP contribution in [0.1, 0.15) is 19.8 Å². The zero-order valence-electron chi connectivity index (χ0n) is 10.2. The molecule has 0 aliphatic heterocycles. The smallest absolute Gasteiger partial charge is 0.442 e. The fourth-order valence-electron chi connectivity index (χ4n) is 1.32. The van der Waals surface area contributed by atoms with Gasteiger partial charge in [0, 0.05) is 5.25 Å². The Morgan fingerprint density at radius 1 is 1.17 bits per heavy atom. The molecule has 106 valence electrons. The highest BCUT2D eigenvalue weighted by molar-refractivity contribution is 8.00. The highest BCUT2D eigenvalue weighted by Crippen LogP contribution is 2.37. The summed E-state index contributed by atoms with van der Waals surface area (Å²) < 4.78 is 45.5. The number of hydrogen-bond donors (Lipinski definition) is 0. The van der Waals surface area contributed by atoms with E-state index in [0.717, 1.165) is 14.2 Å². The highest BCUT2D eigenvalue weighted by Gasteiger charge is 2.37. The van der Waals surface area contributed by atoms with Gasteiger partial charge in [0.05, 0.1) is 14.2 Å². The van der Waals surface area contributed by atoms with Crippen molar-refractivity contribution in [1.82, 2.24) is 0 Å². The molecule has 0 fully saturated rings. The third-order valence-electron chi connectivity index (χ3n) is 2.23. The van der Waals surface area contributed by atoms with Gasteiger partial charge in [-0.15, -0.1) is 0 Å². The maximum atomic E-state index is 12.2. The molecule has 0 aliphatic carbocycles. The van der Waals surface area contributed by atoms with Gasteiger partial charge in [-0.25, -0.2) is 0 Å². The lowest BCUT2D eigenvalue weighted by molar-refractivity contribution is -0.159. The van der Waals surface area contributed by atoms with Gasteiger partial charge < -0.3 is 9.47 Å². The van der Waals surface area contributed by atoms with Gasteiger partial charge in [-0.3, -0.25) is 9.59 Å². The Morgan fingerprint density at radius 3 is 1.89 bits per heavy atom. The molecule has 0 rings (SSSR count). The molecular formula is C10H15F3O4S. The van der Waals surface area contributed by atoms with E-state index < -0.39 is 28.6 Å². The molecule has 18 heavy (non-hydrogen) atoms. The Bertz CT molecular complexity index is 277. The molecule has 0 aromatic carbocycles. The number of hydrogen-bond acceptors (Lipinski definition) is 5. The first-order valence-electron chi connectivity index (χ1n) is 5.15. The summed E-state index contributed by atoms with van der Waals surface area (Å²) in [6, 6.07) is 0. The topological polar surface area (TPSA) is 52.6 Å². The van der Waals surface area contributed by atoms with Gasteiger partial charge in [0.2, 0.25) is 0 Å². The van der Waals surface area contributed by atoms with Crippen molar-refractivity contribution in [3.63, 3.8) is 0 Å². The Hall–Kier alpha value is -0.920. The fourth-order valence-corrected chi connectivity index (χ4v) is 2.16. The Kier molecular flexibility index (Phi) is 7.12. The van der Waals surface area contributed by atoms with E-state index in [1.54, 1.807) is 6.92 Å². The van der Waals surface area contributed by atoms with Crippen LogP contribution in [-0.4, -0.2) is 36.9 Å². The average Bonchev–Trinajstić information content (AvgIpc) is 2.30. The lowest BCUT2D eigenvalue weighted by Gasteiger charge is -2.20. The predicted molar refractivity (Wildman–Crippen MR) is 59.9 cm³/mol. The first-order chi connectivity index (χ1) is 8.25. The molecule has 0 spiro atoms. The Balaban J connectivity index is 4.73. The van der Waals surface area contributed by atoms with Crippen LogP contribution < -0.4 is 0 Å². The maximum absolute atomic E-state index is 12.2. The molecule has 0 bridgehead atoms. The second-order valence-corrected chi connectivity index (χ2v) is 4.79. The second-order valence-electron chi connectivity index (χ2n) is 3.43. The van der Waals surface area contributed by atoms with Crippen molar-refractivity contribution in [1.29, 1.82) is 0 Å². The minimum absolute atomic E-state index is 0.175. The molecular weight excluding hydrogens is 273 g/mol. The molecule has 0 aromatic rings. The summed E-state index contributed by atoms with van der Waals surface area (Å²) in [6.07, 6.45) is -0.0886. The van der Waals surface area contributed by atoms with Gasteiger partial charge in [-0.1, -0.05) is 6.92 Å². The van der Waals surface area contributed by atoms with E-state index >= 15 is 0 Å². The summed E-state index contributed by atoms with van der Waals surface area (Å²) >= 11 is -0.230. The molecule has 0 saturated heterocycles. The van der Waals surface area contributed by atoms with Crippen LogP contribution in [0, 0.1) is 5.92 Å². The van der Waals surface area contributed by atoms with Crippen molar-refractivity contribution >= 4 is 23.7 Å². The molecule has 0 amide bonds. The van der Waals surface area contributed by atoms with Crippen molar-refractivity contribution in [2.75, 3.05) is 14.2 Å². The number of alkyl halides is 3. The summed E-state index contributed by atoms with van der Waals surface area (Å²) in [6.45, 7) is 1.55. The van der Waals surface area contributed by atoms with Crippen molar-refractivity contribution in [2.45, 2.75) is 30.5 Å². The number of rotatable bonds is 6. The van der Waals surface area contributed by atoms with E-state index in [2.05, 4.69) is 9.47 Å². The van der Waals surface area contributed by atoms with Crippen LogP contribution in [0.15, 0.2) is 0 Å². The molecule has 0 aliphatic rings.